The third-order valence-corrected chi connectivity index (χ3v) is 1.51. The number of hydrogen-bond acceptors (Lipinski definition) is 1. The van der Waals surface area contributed by atoms with Crippen molar-refractivity contribution in [1.82, 2.24) is 4.98 Å². The van der Waals surface area contributed by atoms with Crippen molar-refractivity contribution in [3.05, 3.63) is 42.6 Å². The summed E-state index contributed by atoms with van der Waals surface area (Å²) in [6, 6.07) is 12.1. The van der Waals surface area contributed by atoms with E-state index in [1.54, 1.807) is 0 Å². The zero-order valence-corrected chi connectivity index (χ0v) is 7.90. The quantitative estimate of drug-likeness (QED) is 0.618. The molecular formula is C12H18FN. The zero-order chi connectivity index (χ0) is 8.81. The van der Waals surface area contributed by atoms with Gasteiger partial charge in [-0.15, -0.1) is 0 Å². The van der Waals surface area contributed by atoms with Gasteiger partial charge in [-0.1, -0.05) is 45.5 Å². The summed E-state index contributed by atoms with van der Waals surface area (Å²) in [6.45, 7) is 4.00. The fourth-order valence-electron chi connectivity index (χ4n) is 1.02. The minimum atomic E-state index is 0. The summed E-state index contributed by atoms with van der Waals surface area (Å²) in [5.41, 5.74) is 1.06. The van der Waals surface area contributed by atoms with Crippen molar-refractivity contribution in [3.63, 3.8) is 0 Å². The highest BCUT2D eigenvalue weighted by atomic mass is 19.0. The van der Waals surface area contributed by atoms with Crippen LogP contribution in [0.2, 0.25) is 0 Å². The molecule has 0 bridgehead atoms. The van der Waals surface area contributed by atoms with Crippen LogP contribution in [0.4, 0.5) is 4.70 Å². The number of pyridine rings is 1. The molecule has 0 aliphatic carbocycles. The van der Waals surface area contributed by atoms with Crippen molar-refractivity contribution in [3.8, 4) is 0 Å². The van der Waals surface area contributed by atoms with E-state index in [4.69, 9.17) is 0 Å². The van der Waals surface area contributed by atoms with Crippen LogP contribution in [0.25, 0.3) is 10.9 Å². The first kappa shape index (κ1) is 15.1. The van der Waals surface area contributed by atoms with E-state index in [0.717, 1.165) is 5.52 Å². The van der Waals surface area contributed by atoms with E-state index in [1.807, 2.05) is 44.3 Å². The Bertz CT molecular complexity index is 281. The Morgan fingerprint density at radius 3 is 2.14 bits per heavy atom. The predicted octanol–water partition coefficient (Wildman–Crippen LogP) is 4.05. The molecule has 78 valence electrons. The second-order valence-electron chi connectivity index (χ2n) is 2.20. The van der Waals surface area contributed by atoms with Crippen molar-refractivity contribution in [1.29, 1.82) is 0 Å². The summed E-state index contributed by atoms with van der Waals surface area (Å²) in [5, 5.41) is 1.20. The van der Waals surface area contributed by atoms with E-state index in [-0.39, 0.29) is 12.1 Å². The van der Waals surface area contributed by atoms with Gasteiger partial charge in [0.25, 0.3) is 0 Å². The molecule has 0 N–H and O–H groups in total. The Hall–Kier alpha value is -1.44. The molecule has 0 unspecified atom stereocenters. The first-order valence-corrected chi connectivity index (χ1v) is 4.26. The maximum Gasteiger partial charge on any atom is 0.0701 e. The average molecular weight is 195 g/mol. The molecule has 0 aliphatic rings. The summed E-state index contributed by atoms with van der Waals surface area (Å²) in [7, 11) is 0. The van der Waals surface area contributed by atoms with Gasteiger partial charge in [0.15, 0.2) is 0 Å². The lowest BCUT2D eigenvalue weighted by molar-refractivity contribution is 1.11. The smallest absolute Gasteiger partial charge is 0.0701 e. The van der Waals surface area contributed by atoms with Gasteiger partial charge in [0.05, 0.1) is 5.52 Å². The standard InChI is InChI=1S/C9H7N.C2H6.CH4.FH/c1-2-6-9-8(4-1)5-3-7-10-9;1-2;;/h1-7H;1-2H3;1H4;1H. The lowest BCUT2D eigenvalue weighted by Crippen LogP contribution is -1.73. The summed E-state index contributed by atoms with van der Waals surface area (Å²) in [4.78, 5) is 4.18. The molecule has 0 radical (unpaired) electrons. The molecule has 0 spiro atoms. The summed E-state index contributed by atoms with van der Waals surface area (Å²) in [5.74, 6) is 0. The average Bonchev–Trinajstić information content (AvgIpc) is 2.21. The maximum absolute atomic E-state index is 4.18. The Kier molecular flexibility index (Phi) is 8.79. The number of halogens is 1. The van der Waals surface area contributed by atoms with E-state index in [9.17, 15) is 0 Å². The molecule has 1 heterocycles. The van der Waals surface area contributed by atoms with E-state index in [0.29, 0.717) is 0 Å². The van der Waals surface area contributed by atoms with Crippen molar-refractivity contribution < 1.29 is 4.70 Å². The van der Waals surface area contributed by atoms with E-state index < -0.39 is 0 Å². The summed E-state index contributed by atoms with van der Waals surface area (Å²) in [6.07, 6.45) is 1.81. The van der Waals surface area contributed by atoms with Crippen LogP contribution >= 0.6 is 0 Å². The molecule has 2 rings (SSSR count). The molecular weight excluding hydrogens is 177 g/mol. The van der Waals surface area contributed by atoms with Crippen LogP contribution < -0.4 is 0 Å². The van der Waals surface area contributed by atoms with Gasteiger partial charge < -0.3 is 0 Å². The predicted molar refractivity (Wildman–Crippen MR) is 62.3 cm³/mol. The molecule has 0 saturated carbocycles. The number of nitrogens with zero attached hydrogens (tertiary/aromatic N) is 1. The molecule has 1 aromatic carbocycles. The molecule has 0 aliphatic heterocycles. The van der Waals surface area contributed by atoms with Crippen LogP contribution in [0, 0.1) is 0 Å². The fraction of sp³-hybridized carbons (Fsp3) is 0.250. The molecule has 2 aromatic rings. The molecule has 0 saturated heterocycles. The Morgan fingerprint density at radius 2 is 1.50 bits per heavy atom. The monoisotopic (exact) mass is 195 g/mol. The Morgan fingerprint density at radius 1 is 0.929 bits per heavy atom. The van der Waals surface area contributed by atoms with Crippen molar-refractivity contribution in [2.45, 2.75) is 21.3 Å². The number of hydrogen-bond donors (Lipinski definition) is 0. The zero-order valence-electron chi connectivity index (χ0n) is 7.90. The number of para-hydroxylation sites is 1. The van der Waals surface area contributed by atoms with Crippen LogP contribution in [-0.4, -0.2) is 4.98 Å². The summed E-state index contributed by atoms with van der Waals surface area (Å²) < 4.78 is 0. The van der Waals surface area contributed by atoms with E-state index in [1.165, 1.54) is 5.39 Å². The number of benzene rings is 1. The molecule has 1 nitrogen and oxygen atoms in total. The minimum absolute atomic E-state index is 0. The van der Waals surface area contributed by atoms with Gasteiger partial charge in [-0.3, -0.25) is 9.69 Å². The van der Waals surface area contributed by atoms with Gasteiger partial charge in [-0.2, -0.15) is 0 Å². The van der Waals surface area contributed by atoms with E-state index in [2.05, 4.69) is 17.1 Å². The first-order chi connectivity index (χ1) is 5.97. The van der Waals surface area contributed by atoms with Gasteiger partial charge in [-0.25, -0.2) is 0 Å². The van der Waals surface area contributed by atoms with Gasteiger partial charge in [-0.05, 0) is 12.1 Å². The van der Waals surface area contributed by atoms with Crippen molar-refractivity contribution in [2.75, 3.05) is 0 Å². The van der Waals surface area contributed by atoms with Crippen LogP contribution in [0.5, 0.6) is 0 Å². The molecule has 0 atom stereocenters. The van der Waals surface area contributed by atoms with Gasteiger partial charge >= 0.3 is 0 Å². The molecule has 2 heteroatoms. The van der Waals surface area contributed by atoms with Crippen LogP contribution in [0.3, 0.4) is 0 Å². The second kappa shape index (κ2) is 8.17. The van der Waals surface area contributed by atoms with Crippen molar-refractivity contribution in [2.24, 2.45) is 0 Å². The number of aromatic nitrogens is 1. The van der Waals surface area contributed by atoms with Crippen molar-refractivity contribution >= 4 is 10.9 Å². The third kappa shape index (κ3) is 3.52. The van der Waals surface area contributed by atoms with Crippen LogP contribution in [-0.2, 0) is 0 Å². The highest BCUT2D eigenvalue weighted by Gasteiger charge is 1.86. The maximum atomic E-state index is 4.18. The minimum Gasteiger partial charge on any atom is -0.269 e. The van der Waals surface area contributed by atoms with E-state index >= 15 is 0 Å². The SMILES string of the molecule is C.CC.F.c1ccc2ncccc2c1. The Labute approximate surface area is 85.2 Å². The lowest BCUT2D eigenvalue weighted by Gasteiger charge is -1.91. The highest BCUT2D eigenvalue weighted by molar-refractivity contribution is 5.77. The highest BCUT2D eigenvalue weighted by Crippen LogP contribution is 2.07. The molecule has 0 fully saturated rings. The molecule has 1 aromatic heterocycles. The molecule has 14 heavy (non-hydrogen) atoms. The van der Waals surface area contributed by atoms with Crippen LogP contribution in [0.15, 0.2) is 42.6 Å². The van der Waals surface area contributed by atoms with Gasteiger partial charge in [0, 0.05) is 11.6 Å². The van der Waals surface area contributed by atoms with Gasteiger partial charge in [0.2, 0.25) is 0 Å². The molecule has 0 amide bonds. The fourth-order valence-corrected chi connectivity index (χ4v) is 1.02. The second-order valence-corrected chi connectivity index (χ2v) is 2.20. The van der Waals surface area contributed by atoms with Gasteiger partial charge in [0.1, 0.15) is 0 Å². The first-order valence-electron chi connectivity index (χ1n) is 4.26. The normalized spacial score (nSPS) is 7.57. The summed E-state index contributed by atoms with van der Waals surface area (Å²) >= 11 is 0. The number of rotatable bonds is 0. The largest absolute Gasteiger partial charge is 0.269 e. The topological polar surface area (TPSA) is 12.9 Å². The number of fused-ring (bicyclic) bond motifs is 1. The lowest BCUT2D eigenvalue weighted by atomic mass is 10.2. The van der Waals surface area contributed by atoms with Crippen LogP contribution in [0.1, 0.15) is 21.3 Å². The Balaban J connectivity index is 0. The third-order valence-electron chi connectivity index (χ3n) is 1.51.